The van der Waals surface area contributed by atoms with Gasteiger partial charge in [-0.25, -0.2) is 4.79 Å². The van der Waals surface area contributed by atoms with Crippen LogP contribution in [0.25, 0.3) is 10.1 Å². The zero-order chi connectivity index (χ0) is 11.0. The van der Waals surface area contributed by atoms with Crippen molar-refractivity contribution in [3.8, 4) is 5.75 Å². The third-order valence-electron chi connectivity index (χ3n) is 2.05. The van der Waals surface area contributed by atoms with Gasteiger partial charge in [-0.1, -0.05) is 0 Å². The highest BCUT2D eigenvalue weighted by atomic mass is 32.1. The molecule has 2 rings (SSSR count). The highest BCUT2D eigenvalue weighted by Gasteiger charge is 2.11. The van der Waals surface area contributed by atoms with Crippen LogP contribution in [-0.2, 0) is 4.74 Å². The number of thiophene rings is 1. The average molecular weight is 223 g/mol. The number of anilines is 1. The molecule has 78 valence electrons. The SMILES string of the molecule is COC(=O)c1cc2cc(N)c(O)cc2s1. The van der Waals surface area contributed by atoms with Gasteiger partial charge in [0.1, 0.15) is 10.6 Å². The predicted molar refractivity (Wildman–Crippen MR) is 59.2 cm³/mol. The molecule has 0 radical (unpaired) electrons. The van der Waals surface area contributed by atoms with Gasteiger partial charge < -0.3 is 15.6 Å². The van der Waals surface area contributed by atoms with E-state index in [1.165, 1.54) is 18.4 Å². The fourth-order valence-electron chi connectivity index (χ4n) is 1.29. The number of aromatic hydroxyl groups is 1. The summed E-state index contributed by atoms with van der Waals surface area (Å²) in [6, 6.07) is 4.87. The van der Waals surface area contributed by atoms with Crippen molar-refractivity contribution >= 4 is 33.1 Å². The number of carbonyl (C=O) groups excluding carboxylic acids is 1. The number of fused-ring (bicyclic) bond motifs is 1. The molecule has 0 amide bonds. The van der Waals surface area contributed by atoms with Gasteiger partial charge in [-0.05, 0) is 23.6 Å². The molecule has 0 aliphatic heterocycles. The molecule has 0 unspecified atom stereocenters. The van der Waals surface area contributed by atoms with Gasteiger partial charge in [0.15, 0.2) is 0 Å². The number of carbonyl (C=O) groups is 1. The lowest BCUT2D eigenvalue weighted by molar-refractivity contribution is 0.0606. The van der Waals surface area contributed by atoms with Crippen molar-refractivity contribution < 1.29 is 14.6 Å². The van der Waals surface area contributed by atoms with Crippen molar-refractivity contribution in [3.05, 3.63) is 23.1 Å². The molecule has 15 heavy (non-hydrogen) atoms. The van der Waals surface area contributed by atoms with Crippen molar-refractivity contribution in [2.45, 2.75) is 0 Å². The van der Waals surface area contributed by atoms with Crippen LogP contribution in [0.15, 0.2) is 18.2 Å². The lowest BCUT2D eigenvalue weighted by Gasteiger charge is -1.96. The van der Waals surface area contributed by atoms with E-state index >= 15 is 0 Å². The maximum Gasteiger partial charge on any atom is 0.348 e. The van der Waals surface area contributed by atoms with Crippen molar-refractivity contribution in [3.63, 3.8) is 0 Å². The number of hydrogen-bond donors (Lipinski definition) is 2. The van der Waals surface area contributed by atoms with Crippen LogP contribution in [0, 0.1) is 0 Å². The Hall–Kier alpha value is -1.75. The van der Waals surface area contributed by atoms with E-state index in [1.807, 2.05) is 0 Å². The molecule has 3 N–H and O–H groups in total. The standard InChI is InChI=1S/C10H9NO3S/c1-14-10(13)9-3-5-2-6(11)7(12)4-8(5)15-9/h2-4,12H,11H2,1H3. The molecule has 0 aliphatic rings. The van der Waals surface area contributed by atoms with E-state index in [1.54, 1.807) is 18.2 Å². The van der Waals surface area contributed by atoms with Gasteiger partial charge in [0, 0.05) is 4.70 Å². The first kappa shape index (κ1) is 9.79. The van der Waals surface area contributed by atoms with Gasteiger partial charge in [-0.15, -0.1) is 11.3 Å². The maximum absolute atomic E-state index is 11.2. The largest absolute Gasteiger partial charge is 0.506 e. The van der Waals surface area contributed by atoms with Crippen LogP contribution in [0.3, 0.4) is 0 Å². The van der Waals surface area contributed by atoms with Crippen LogP contribution < -0.4 is 5.73 Å². The Kier molecular flexibility index (Phi) is 2.24. The van der Waals surface area contributed by atoms with Gasteiger partial charge in [0.05, 0.1) is 12.8 Å². The van der Waals surface area contributed by atoms with E-state index < -0.39 is 0 Å². The van der Waals surface area contributed by atoms with E-state index in [-0.39, 0.29) is 11.7 Å². The van der Waals surface area contributed by atoms with Gasteiger partial charge in [0.2, 0.25) is 0 Å². The molecule has 0 saturated carbocycles. The summed E-state index contributed by atoms with van der Waals surface area (Å²) in [5.41, 5.74) is 5.84. The molecule has 0 atom stereocenters. The maximum atomic E-state index is 11.2. The molecule has 0 saturated heterocycles. The minimum absolute atomic E-state index is 0.0285. The lowest BCUT2D eigenvalue weighted by Crippen LogP contribution is -1.96. The molecule has 0 bridgehead atoms. The quantitative estimate of drug-likeness (QED) is 0.440. The molecule has 1 aromatic heterocycles. The van der Waals surface area contributed by atoms with Gasteiger partial charge in [-0.2, -0.15) is 0 Å². The summed E-state index contributed by atoms with van der Waals surface area (Å²) in [6.45, 7) is 0. The highest BCUT2D eigenvalue weighted by molar-refractivity contribution is 7.20. The molecule has 2 aromatic rings. The summed E-state index contributed by atoms with van der Waals surface area (Å²) in [7, 11) is 1.33. The summed E-state index contributed by atoms with van der Waals surface area (Å²) in [6.07, 6.45) is 0. The molecule has 1 heterocycles. The van der Waals surface area contributed by atoms with Gasteiger partial charge in [0.25, 0.3) is 0 Å². The zero-order valence-electron chi connectivity index (χ0n) is 7.98. The summed E-state index contributed by atoms with van der Waals surface area (Å²) in [5, 5.41) is 10.2. The van der Waals surface area contributed by atoms with Gasteiger partial charge in [-0.3, -0.25) is 0 Å². The second kappa shape index (κ2) is 3.43. The summed E-state index contributed by atoms with van der Waals surface area (Å²) < 4.78 is 5.41. The molecule has 0 fully saturated rings. The molecular formula is C10H9NO3S. The first-order valence-electron chi connectivity index (χ1n) is 4.22. The number of hydrogen-bond acceptors (Lipinski definition) is 5. The third-order valence-corrected chi connectivity index (χ3v) is 3.13. The molecule has 4 nitrogen and oxygen atoms in total. The zero-order valence-corrected chi connectivity index (χ0v) is 8.80. The molecule has 1 aromatic carbocycles. The van der Waals surface area contributed by atoms with Crippen LogP contribution in [0.1, 0.15) is 9.67 Å². The Balaban J connectivity index is 2.61. The van der Waals surface area contributed by atoms with Crippen LogP contribution in [0.4, 0.5) is 5.69 Å². The van der Waals surface area contributed by atoms with Crippen molar-refractivity contribution in [2.75, 3.05) is 12.8 Å². The Morgan fingerprint density at radius 2 is 2.20 bits per heavy atom. The number of methoxy groups -OCH3 is 1. The number of nitrogen functional groups attached to an aromatic ring is 1. The van der Waals surface area contributed by atoms with Crippen LogP contribution in [-0.4, -0.2) is 18.2 Å². The van der Waals surface area contributed by atoms with Crippen LogP contribution in [0.2, 0.25) is 0 Å². The van der Waals surface area contributed by atoms with Crippen molar-refractivity contribution in [2.24, 2.45) is 0 Å². The normalized spacial score (nSPS) is 10.5. The monoisotopic (exact) mass is 223 g/mol. The van der Waals surface area contributed by atoms with E-state index in [0.29, 0.717) is 10.6 Å². The Morgan fingerprint density at radius 3 is 2.87 bits per heavy atom. The van der Waals surface area contributed by atoms with Crippen LogP contribution >= 0.6 is 11.3 Å². The molecule has 5 heteroatoms. The smallest absolute Gasteiger partial charge is 0.348 e. The number of nitrogens with two attached hydrogens (primary N) is 1. The van der Waals surface area contributed by atoms with E-state index in [2.05, 4.69) is 4.74 Å². The first-order valence-corrected chi connectivity index (χ1v) is 5.04. The third kappa shape index (κ3) is 1.61. The average Bonchev–Trinajstić information content (AvgIpc) is 2.60. The fraction of sp³-hybridized carbons (Fsp3) is 0.100. The summed E-state index contributed by atoms with van der Waals surface area (Å²) in [4.78, 5) is 11.7. The Morgan fingerprint density at radius 1 is 1.47 bits per heavy atom. The van der Waals surface area contributed by atoms with E-state index in [9.17, 15) is 9.90 Å². The summed E-state index contributed by atoms with van der Waals surface area (Å²) in [5.74, 6) is -0.352. The second-order valence-electron chi connectivity index (χ2n) is 3.05. The van der Waals surface area contributed by atoms with Crippen LogP contribution in [0.5, 0.6) is 5.75 Å². The van der Waals surface area contributed by atoms with E-state index in [0.717, 1.165) is 10.1 Å². The topological polar surface area (TPSA) is 72.5 Å². The van der Waals surface area contributed by atoms with Crippen molar-refractivity contribution in [1.29, 1.82) is 0 Å². The number of esters is 1. The Labute approximate surface area is 89.9 Å². The first-order chi connectivity index (χ1) is 7.11. The number of phenolic OH excluding ortho intramolecular Hbond substituents is 1. The van der Waals surface area contributed by atoms with E-state index in [4.69, 9.17) is 5.73 Å². The summed E-state index contributed by atoms with van der Waals surface area (Å²) >= 11 is 1.26. The predicted octanol–water partition coefficient (Wildman–Crippen LogP) is 1.98. The Bertz CT molecular complexity index is 494. The highest BCUT2D eigenvalue weighted by Crippen LogP contribution is 2.32. The number of rotatable bonds is 1. The molecule has 0 aliphatic carbocycles. The minimum Gasteiger partial charge on any atom is -0.506 e. The van der Waals surface area contributed by atoms with Gasteiger partial charge >= 0.3 is 5.97 Å². The molecular weight excluding hydrogens is 214 g/mol. The minimum atomic E-state index is -0.380. The number of ether oxygens (including phenoxy) is 1. The van der Waals surface area contributed by atoms with Crippen molar-refractivity contribution in [1.82, 2.24) is 0 Å². The fourth-order valence-corrected chi connectivity index (χ4v) is 2.29. The number of phenols is 1. The second-order valence-corrected chi connectivity index (χ2v) is 4.13. The molecule has 0 spiro atoms. The lowest BCUT2D eigenvalue weighted by atomic mass is 10.2. The number of benzene rings is 1.